The molecule has 0 amide bonds. The number of sulfonamides is 1. The molecule has 1 aliphatic rings. The molecule has 0 unspecified atom stereocenters. The van der Waals surface area contributed by atoms with Crippen molar-refractivity contribution >= 4 is 21.7 Å². The summed E-state index contributed by atoms with van der Waals surface area (Å²) in [5, 5.41) is 0. The summed E-state index contributed by atoms with van der Waals surface area (Å²) in [6.07, 6.45) is 0. The lowest BCUT2D eigenvalue weighted by atomic mass is 10.1. The lowest BCUT2D eigenvalue weighted by Gasteiger charge is -2.35. The molecule has 7 nitrogen and oxygen atoms in total. The summed E-state index contributed by atoms with van der Waals surface area (Å²) in [4.78, 5) is 13.5. The van der Waals surface area contributed by atoms with Crippen molar-refractivity contribution in [3.8, 4) is 0 Å². The molecule has 0 radical (unpaired) electrons. The van der Waals surface area contributed by atoms with E-state index in [1.54, 1.807) is 4.31 Å². The van der Waals surface area contributed by atoms with E-state index in [4.69, 9.17) is 0 Å². The van der Waals surface area contributed by atoms with Crippen molar-refractivity contribution in [2.45, 2.75) is 32.6 Å². The third kappa shape index (κ3) is 3.98. The van der Waals surface area contributed by atoms with Gasteiger partial charge in [0, 0.05) is 46.3 Å². The van der Waals surface area contributed by atoms with E-state index in [9.17, 15) is 8.42 Å². The molecular formula is C20H29N5O2S. The van der Waals surface area contributed by atoms with Gasteiger partial charge in [-0.25, -0.2) is 18.4 Å². The Bertz CT molecular complexity index is 957. The van der Waals surface area contributed by atoms with E-state index >= 15 is 0 Å². The van der Waals surface area contributed by atoms with Crippen LogP contribution in [0.15, 0.2) is 23.1 Å². The van der Waals surface area contributed by atoms with E-state index in [1.165, 1.54) is 0 Å². The molecule has 2 heterocycles. The SMILES string of the molecule is Cc1cc(C)c(S(=O)(=O)N2CCN(c3cc(N(C)C)nc(C)n3)CC2)c(C)c1. The zero-order valence-electron chi connectivity index (χ0n) is 17.5. The molecule has 1 saturated heterocycles. The van der Waals surface area contributed by atoms with Crippen LogP contribution in [0.3, 0.4) is 0 Å². The fourth-order valence-electron chi connectivity index (χ4n) is 3.79. The molecule has 3 rings (SSSR count). The van der Waals surface area contributed by atoms with Crippen LogP contribution >= 0.6 is 0 Å². The molecule has 2 aromatic rings. The van der Waals surface area contributed by atoms with E-state index in [0.29, 0.717) is 36.9 Å². The van der Waals surface area contributed by atoms with Gasteiger partial charge in [-0.1, -0.05) is 17.7 Å². The summed E-state index contributed by atoms with van der Waals surface area (Å²) in [5.41, 5.74) is 2.69. The molecule has 1 fully saturated rings. The summed E-state index contributed by atoms with van der Waals surface area (Å²) in [7, 11) is 0.384. The van der Waals surface area contributed by atoms with Crippen molar-refractivity contribution in [2.24, 2.45) is 0 Å². The number of nitrogens with zero attached hydrogens (tertiary/aromatic N) is 5. The number of aromatic nitrogens is 2. The van der Waals surface area contributed by atoms with Crippen molar-refractivity contribution in [2.75, 3.05) is 50.1 Å². The highest BCUT2D eigenvalue weighted by molar-refractivity contribution is 7.89. The van der Waals surface area contributed by atoms with Gasteiger partial charge in [0.2, 0.25) is 10.0 Å². The number of piperazine rings is 1. The number of aryl methyl sites for hydroxylation is 4. The Labute approximate surface area is 168 Å². The average molecular weight is 404 g/mol. The van der Waals surface area contributed by atoms with E-state index in [0.717, 1.165) is 28.3 Å². The minimum atomic E-state index is -3.51. The normalized spacial score (nSPS) is 15.7. The summed E-state index contributed by atoms with van der Waals surface area (Å²) in [6.45, 7) is 9.69. The van der Waals surface area contributed by atoms with Gasteiger partial charge in [0.1, 0.15) is 17.5 Å². The highest BCUT2D eigenvalue weighted by Gasteiger charge is 2.31. The summed E-state index contributed by atoms with van der Waals surface area (Å²) in [5.74, 6) is 2.40. The molecule has 1 aromatic heterocycles. The molecule has 0 aliphatic carbocycles. The predicted octanol–water partition coefficient (Wildman–Crippen LogP) is 2.29. The second kappa shape index (κ2) is 7.67. The van der Waals surface area contributed by atoms with Crippen molar-refractivity contribution in [1.29, 1.82) is 0 Å². The molecule has 1 aliphatic heterocycles. The molecule has 0 spiro atoms. The second-order valence-electron chi connectivity index (χ2n) is 7.64. The van der Waals surface area contributed by atoms with Crippen LogP contribution in [0, 0.1) is 27.7 Å². The lowest BCUT2D eigenvalue weighted by Crippen LogP contribution is -2.49. The van der Waals surface area contributed by atoms with Gasteiger partial charge >= 0.3 is 0 Å². The van der Waals surface area contributed by atoms with Gasteiger partial charge in [-0.05, 0) is 38.8 Å². The van der Waals surface area contributed by atoms with Crippen molar-refractivity contribution in [1.82, 2.24) is 14.3 Å². The van der Waals surface area contributed by atoms with Crippen LogP contribution in [0.25, 0.3) is 0 Å². The van der Waals surface area contributed by atoms with Gasteiger partial charge in [-0.15, -0.1) is 0 Å². The maximum Gasteiger partial charge on any atom is 0.243 e. The first-order valence-corrected chi connectivity index (χ1v) is 10.9. The number of benzene rings is 1. The molecule has 0 bridgehead atoms. The number of rotatable bonds is 4. The van der Waals surface area contributed by atoms with Gasteiger partial charge < -0.3 is 9.80 Å². The zero-order chi connectivity index (χ0) is 20.6. The topological polar surface area (TPSA) is 69.6 Å². The Morgan fingerprint density at radius 3 is 2.00 bits per heavy atom. The molecule has 0 N–H and O–H groups in total. The van der Waals surface area contributed by atoms with E-state index in [1.807, 2.05) is 64.9 Å². The van der Waals surface area contributed by atoms with E-state index in [-0.39, 0.29) is 0 Å². The molecule has 152 valence electrons. The molecule has 1 aromatic carbocycles. The summed E-state index contributed by atoms with van der Waals surface area (Å²) in [6, 6.07) is 5.82. The van der Waals surface area contributed by atoms with Crippen molar-refractivity contribution < 1.29 is 8.42 Å². The van der Waals surface area contributed by atoms with Gasteiger partial charge in [0.25, 0.3) is 0 Å². The zero-order valence-corrected chi connectivity index (χ0v) is 18.3. The smallest absolute Gasteiger partial charge is 0.243 e. The van der Waals surface area contributed by atoms with Gasteiger partial charge in [-0.2, -0.15) is 4.31 Å². The van der Waals surface area contributed by atoms with Gasteiger partial charge in [0.15, 0.2) is 0 Å². The Balaban J connectivity index is 1.81. The van der Waals surface area contributed by atoms with Gasteiger partial charge in [-0.3, -0.25) is 0 Å². The maximum absolute atomic E-state index is 13.3. The Hall–Kier alpha value is -2.19. The maximum atomic E-state index is 13.3. The quantitative estimate of drug-likeness (QED) is 0.780. The first-order chi connectivity index (χ1) is 13.1. The van der Waals surface area contributed by atoms with Crippen molar-refractivity contribution in [3.63, 3.8) is 0 Å². The molecule has 8 heteroatoms. The van der Waals surface area contributed by atoms with Crippen molar-refractivity contribution in [3.05, 3.63) is 40.7 Å². The standard InChI is InChI=1S/C20H29N5O2S/c1-14-11-15(2)20(16(3)12-14)28(26,27)25-9-7-24(8-10-25)19-13-18(23(5)6)21-17(4)22-19/h11-13H,7-10H2,1-6H3. The van der Waals surface area contributed by atoms with Crippen LogP contribution < -0.4 is 9.80 Å². The minimum absolute atomic E-state index is 0.440. The Morgan fingerprint density at radius 2 is 1.46 bits per heavy atom. The average Bonchev–Trinajstić information content (AvgIpc) is 2.60. The first-order valence-electron chi connectivity index (χ1n) is 9.45. The summed E-state index contributed by atoms with van der Waals surface area (Å²) >= 11 is 0. The van der Waals surface area contributed by atoms with Crippen LogP contribution in [0.1, 0.15) is 22.5 Å². The number of anilines is 2. The number of hydrogen-bond donors (Lipinski definition) is 0. The molecule has 0 saturated carbocycles. The monoisotopic (exact) mass is 403 g/mol. The fraction of sp³-hybridized carbons (Fsp3) is 0.500. The lowest BCUT2D eigenvalue weighted by molar-refractivity contribution is 0.383. The molecule has 28 heavy (non-hydrogen) atoms. The third-order valence-corrected chi connectivity index (χ3v) is 7.24. The predicted molar refractivity (Wildman–Crippen MR) is 113 cm³/mol. The second-order valence-corrected chi connectivity index (χ2v) is 9.52. The Morgan fingerprint density at radius 1 is 0.893 bits per heavy atom. The van der Waals surface area contributed by atoms with E-state index < -0.39 is 10.0 Å². The number of hydrogen-bond acceptors (Lipinski definition) is 6. The first kappa shape index (κ1) is 20.5. The fourth-order valence-corrected chi connectivity index (χ4v) is 5.62. The van der Waals surface area contributed by atoms with Gasteiger partial charge in [0.05, 0.1) is 4.90 Å². The highest BCUT2D eigenvalue weighted by atomic mass is 32.2. The largest absolute Gasteiger partial charge is 0.363 e. The van der Waals surface area contributed by atoms with Crippen LogP contribution in [0.4, 0.5) is 11.6 Å². The third-order valence-electron chi connectivity index (χ3n) is 5.03. The molecular weight excluding hydrogens is 374 g/mol. The minimum Gasteiger partial charge on any atom is -0.363 e. The van der Waals surface area contributed by atoms with E-state index in [2.05, 4.69) is 14.9 Å². The molecule has 0 atom stereocenters. The van der Waals surface area contributed by atoms with Crippen LogP contribution in [0.2, 0.25) is 0 Å². The van der Waals surface area contributed by atoms with Crippen LogP contribution in [-0.2, 0) is 10.0 Å². The van der Waals surface area contributed by atoms with Crippen LogP contribution in [-0.4, -0.2) is 63.0 Å². The summed E-state index contributed by atoms with van der Waals surface area (Å²) < 4.78 is 28.1. The highest BCUT2D eigenvalue weighted by Crippen LogP contribution is 2.27. The van der Waals surface area contributed by atoms with Crippen LogP contribution in [0.5, 0.6) is 0 Å². The Kier molecular flexibility index (Phi) is 5.63.